The normalized spacial score (nSPS) is 17.0. The number of amides is 1. The molecule has 2 N–H and O–H groups in total. The predicted molar refractivity (Wildman–Crippen MR) is 64.1 cm³/mol. The average Bonchev–Trinajstić information content (AvgIpc) is 2.54. The number of aromatic carboxylic acids is 1. The topological polar surface area (TPSA) is 82.5 Å². The Kier molecular flexibility index (Phi) is 3.88. The summed E-state index contributed by atoms with van der Waals surface area (Å²) in [6.45, 7) is 2.32. The second-order valence-corrected chi connectivity index (χ2v) is 4.23. The number of rotatable bonds is 3. The summed E-state index contributed by atoms with van der Waals surface area (Å²) in [4.78, 5) is 28.2. The van der Waals surface area contributed by atoms with Gasteiger partial charge in [-0.15, -0.1) is 0 Å². The lowest BCUT2D eigenvalue weighted by molar-refractivity contribution is -0.121. The minimum atomic E-state index is -1.04. The third-order valence-electron chi connectivity index (χ3n) is 2.75. The van der Waals surface area contributed by atoms with Crippen LogP contribution >= 0.6 is 0 Å². The van der Waals surface area contributed by atoms with E-state index in [2.05, 4.69) is 10.3 Å². The van der Waals surface area contributed by atoms with E-state index in [9.17, 15) is 9.59 Å². The van der Waals surface area contributed by atoms with Crippen LogP contribution in [0, 0.1) is 0 Å². The number of nitrogens with zero attached hydrogens (tertiary/aromatic N) is 2. The molecular weight excluding hydrogens is 234 g/mol. The van der Waals surface area contributed by atoms with Gasteiger partial charge >= 0.3 is 5.97 Å². The first kappa shape index (κ1) is 12.5. The van der Waals surface area contributed by atoms with Crippen molar-refractivity contribution in [2.24, 2.45) is 0 Å². The summed E-state index contributed by atoms with van der Waals surface area (Å²) in [5.74, 6) is -1.03. The van der Waals surface area contributed by atoms with Gasteiger partial charge in [-0.25, -0.2) is 9.78 Å². The lowest BCUT2D eigenvalue weighted by Gasteiger charge is -2.17. The minimum Gasteiger partial charge on any atom is -0.477 e. The van der Waals surface area contributed by atoms with Crippen LogP contribution < -0.4 is 5.32 Å². The first-order valence-corrected chi connectivity index (χ1v) is 5.83. The van der Waals surface area contributed by atoms with Crippen molar-refractivity contribution in [2.45, 2.75) is 13.0 Å². The highest BCUT2D eigenvalue weighted by Crippen LogP contribution is 2.06. The standard InChI is InChI=1S/C12H15N3O3/c16-11-8-15(6-2-5-13-11)7-9-3-1-4-10(14-9)12(17)18/h1,3-4H,2,5-8H2,(H,13,16)(H,17,18). The zero-order valence-electron chi connectivity index (χ0n) is 9.93. The van der Waals surface area contributed by atoms with Gasteiger partial charge < -0.3 is 10.4 Å². The number of hydrogen-bond acceptors (Lipinski definition) is 4. The average molecular weight is 249 g/mol. The van der Waals surface area contributed by atoms with E-state index in [0.717, 1.165) is 13.0 Å². The zero-order valence-corrected chi connectivity index (χ0v) is 9.93. The van der Waals surface area contributed by atoms with Gasteiger partial charge in [0.2, 0.25) is 5.91 Å². The molecule has 1 aromatic rings. The van der Waals surface area contributed by atoms with Crippen LogP contribution in [-0.4, -0.2) is 46.5 Å². The molecular formula is C12H15N3O3. The fraction of sp³-hybridized carbons (Fsp3) is 0.417. The summed E-state index contributed by atoms with van der Waals surface area (Å²) in [6, 6.07) is 4.90. The Balaban J connectivity index is 2.05. The van der Waals surface area contributed by atoms with Crippen molar-refractivity contribution in [3.63, 3.8) is 0 Å². The Bertz CT molecular complexity index is 462. The molecule has 1 fully saturated rings. The number of carbonyl (C=O) groups is 2. The summed E-state index contributed by atoms with van der Waals surface area (Å²) < 4.78 is 0. The molecule has 0 aliphatic carbocycles. The van der Waals surface area contributed by atoms with Gasteiger partial charge in [0.25, 0.3) is 0 Å². The molecule has 0 bridgehead atoms. The molecule has 0 radical (unpaired) electrons. The van der Waals surface area contributed by atoms with Gasteiger partial charge in [-0.1, -0.05) is 6.07 Å². The molecule has 6 heteroatoms. The Hall–Kier alpha value is -1.95. The number of pyridine rings is 1. The first-order chi connectivity index (χ1) is 8.65. The second-order valence-electron chi connectivity index (χ2n) is 4.23. The Morgan fingerprint density at radius 2 is 2.33 bits per heavy atom. The first-order valence-electron chi connectivity index (χ1n) is 5.83. The van der Waals surface area contributed by atoms with Crippen LogP contribution in [0.2, 0.25) is 0 Å². The maximum atomic E-state index is 11.4. The Labute approximate surface area is 105 Å². The smallest absolute Gasteiger partial charge is 0.354 e. The van der Waals surface area contributed by atoms with Crippen molar-refractivity contribution < 1.29 is 14.7 Å². The summed E-state index contributed by atoms with van der Waals surface area (Å²) in [5.41, 5.74) is 0.705. The molecule has 6 nitrogen and oxygen atoms in total. The van der Waals surface area contributed by atoms with Crippen molar-refractivity contribution in [1.29, 1.82) is 0 Å². The highest BCUT2D eigenvalue weighted by Gasteiger charge is 2.15. The molecule has 0 spiro atoms. The number of carboxylic acid groups (broad SMARTS) is 1. The number of carbonyl (C=O) groups excluding carboxylic acids is 1. The second kappa shape index (κ2) is 5.59. The predicted octanol–water partition coefficient (Wildman–Crippen LogP) is 0.102. The van der Waals surface area contributed by atoms with Gasteiger partial charge in [-0.05, 0) is 18.6 Å². The summed E-state index contributed by atoms with van der Waals surface area (Å²) in [5, 5.41) is 11.7. The number of aromatic nitrogens is 1. The van der Waals surface area contributed by atoms with E-state index in [1.807, 2.05) is 4.90 Å². The molecule has 2 heterocycles. The van der Waals surface area contributed by atoms with E-state index in [-0.39, 0.29) is 11.6 Å². The highest BCUT2D eigenvalue weighted by atomic mass is 16.4. The van der Waals surface area contributed by atoms with E-state index in [0.29, 0.717) is 25.3 Å². The fourth-order valence-corrected chi connectivity index (χ4v) is 1.92. The van der Waals surface area contributed by atoms with Crippen LogP contribution in [0.15, 0.2) is 18.2 Å². The van der Waals surface area contributed by atoms with Crippen molar-refractivity contribution >= 4 is 11.9 Å². The van der Waals surface area contributed by atoms with E-state index in [1.54, 1.807) is 12.1 Å². The van der Waals surface area contributed by atoms with E-state index < -0.39 is 5.97 Å². The van der Waals surface area contributed by atoms with Gasteiger partial charge in [-0.2, -0.15) is 0 Å². The van der Waals surface area contributed by atoms with Crippen LogP contribution in [0.4, 0.5) is 0 Å². The van der Waals surface area contributed by atoms with Gasteiger partial charge in [0.15, 0.2) is 0 Å². The van der Waals surface area contributed by atoms with Crippen molar-refractivity contribution in [3.05, 3.63) is 29.6 Å². The third kappa shape index (κ3) is 3.27. The molecule has 18 heavy (non-hydrogen) atoms. The lowest BCUT2D eigenvalue weighted by atomic mass is 10.2. The number of carboxylic acids is 1. The molecule has 1 amide bonds. The minimum absolute atomic E-state index is 0.00175. The quantitative estimate of drug-likeness (QED) is 0.794. The molecule has 1 aliphatic heterocycles. The molecule has 0 atom stereocenters. The maximum absolute atomic E-state index is 11.4. The van der Waals surface area contributed by atoms with Crippen LogP contribution in [0.3, 0.4) is 0 Å². The van der Waals surface area contributed by atoms with Crippen LogP contribution in [0.1, 0.15) is 22.6 Å². The van der Waals surface area contributed by atoms with Gasteiger partial charge in [-0.3, -0.25) is 9.69 Å². The van der Waals surface area contributed by atoms with Crippen LogP contribution in [0.25, 0.3) is 0 Å². The van der Waals surface area contributed by atoms with Crippen molar-refractivity contribution in [3.8, 4) is 0 Å². The molecule has 0 unspecified atom stereocenters. The van der Waals surface area contributed by atoms with Gasteiger partial charge in [0, 0.05) is 19.6 Å². The summed E-state index contributed by atoms with van der Waals surface area (Å²) >= 11 is 0. The van der Waals surface area contributed by atoms with E-state index in [1.165, 1.54) is 6.07 Å². The fourth-order valence-electron chi connectivity index (χ4n) is 1.92. The molecule has 0 saturated carbocycles. The maximum Gasteiger partial charge on any atom is 0.354 e. The Morgan fingerprint density at radius 1 is 1.50 bits per heavy atom. The zero-order chi connectivity index (χ0) is 13.0. The molecule has 96 valence electrons. The van der Waals surface area contributed by atoms with E-state index >= 15 is 0 Å². The lowest BCUT2D eigenvalue weighted by Crippen LogP contribution is -2.33. The molecule has 1 aliphatic rings. The van der Waals surface area contributed by atoms with Gasteiger partial charge in [0.1, 0.15) is 5.69 Å². The largest absolute Gasteiger partial charge is 0.477 e. The molecule has 1 saturated heterocycles. The van der Waals surface area contributed by atoms with Crippen molar-refractivity contribution in [1.82, 2.24) is 15.2 Å². The van der Waals surface area contributed by atoms with Crippen molar-refractivity contribution in [2.75, 3.05) is 19.6 Å². The summed E-state index contributed by atoms with van der Waals surface area (Å²) in [7, 11) is 0. The molecule has 2 rings (SSSR count). The van der Waals surface area contributed by atoms with Crippen LogP contribution in [-0.2, 0) is 11.3 Å². The summed E-state index contributed by atoms with van der Waals surface area (Å²) in [6.07, 6.45) is 0.893. The highest BCUT2D eigenvalue weighted by molar-refractivity contribution is 5.85. The monoisotopic (exact) mass is 249 g/mol. The molecule has 1 aromatic heterocycles. The van der Waals surface area contributed by atoms with Crippen LogP contribution in [0.5, 0.6) is 0 Å². The SMILES string of the molecule is O=C1CN(Cc2cccc(C(=O)O)n2)CCCN1. The molecule has 0 aromatic carbocycles. The van der Waals surface area contributed by atoms with Gasteiger partial charge in [0.05, 0.1) is 12.2 Å². The van der Waals surface area contributed by atoms with E-state index in [4.69, 9.17) is 5.11 Å². The Morgan fingerprint density at radius 3 is 3.11 bits per heavy atom. The number of hydrogen-bond donors (Lipinski definition) is 2. The number of nitrogens with one attached hydrogen (secondary N) is 1. The third-order valence-corrected chi connectivity index (χ3v) is 2.75.